The van der Waals surface area contributed by atoms with Gasteiger partial charge in [0.05, 0.1) is 0 Å². The van der Waals surface area contributed by atoms with E-state index in [-0.39, 0.29) is 18.8 Å². The van der Waals surface area contributed by atoms with Crippen LogP contribution in [0, 0.1) is 0 Å². The highest BCUT2D eigenvalue weighted by Gasteiger charge is 2.02. The Bertz CT molecular complexity index is 234. The smallest absolute Gasteiger partial charge is 0.307 e. The van der Waals surface area contributed by atoms with E-state index in [1.807, 2.05) is 0 Å². The number of unbranched alkanes of at least 4 members (excludes halogenated alkanes) is 12. The van der Waals surface area contributed by atoms with Gasteiger partial charge >= 0.3 is 5.97 Å². The maximum atomic E-state index is 11.3. The number of carbonyl (C=O) groups excluding carboxylic acids is 1. The Hall–Kier alpha value is -0.280. The normalized spacial score (nSPS) is 10.8. The fraction of sp³-hybridized carbons (Fsp3) is 0.944. The van der Waals surface area contributed by atoms with E-state index in [4.69, 9.17) is 21.1 Å². The van der Waals surface area contributed by atoms with Crippen LogP contribution in [0.2, 0.25) is 0 Å². The van der Waals surface area contributed by atoms with Gasteiger partial charge in [0.25, 0.3) is 0 Å². The number of halogens is 1. The van der Waals surface area contributed by atoms with Crippen LogP contribution in [0.15, 0.2) is 0 Å². The molecule has 0 aliphatic rings. The van der Waals surface area contributed by atoms with E-state index in [1.54, 1.807) is 0 Å². The third-order valence-corrected chi connectivity index (χ3v) is 4.02. The fourth-order valence-electron chi connectivity index (χ4n) is 2.50. The lowest BCUT2D eigenvalue weighted by molar-refractivity contribution is -0.154. The monoisotopic (exact) mass is 334 g/mol. The first-order valence-corrected chi connectivity index (χ1v) is 9.64. The average Bonchev–Trinajstić information content (AvgIpc) is 2.52. The Balaban J connectivity index is 3.06. The van der Waals surface area contributed by atoms with Gasteiger partial charge in [0, 0.05) is 6.42 Å². The van der Waals surface area contributed by atoms with E-state index in [9.17, 15) is 4.79 Å². The SMILES string of the molecule is CCCCCCCCCCCCCCCC(=O)OCOCCl. The van der Waals surface area contributed by atoms with E-state index in [1.165, 1.54) is 70.6 Å². The molecule has 0 radical (unpaired) electrons. The lowest BCUT2D eigenvalue weighted by atomic mass is 10.0. The third-order valence-electron chi connectivity index (χ3n) is 3.86. The molecule has 0 rings (SSSR count). The highest BCUT2D eigenvalue weighted by Crippen LogP contribution is 2.13. The van der Waals surface area contributed by atoms with Gasteiger partial charge in [0.1, 0.15) is 6.07 Å². The zero-order valence-electron chi connectivity index (χ0n) is 14.4. The van der Waals surface area contributed by atoms with E-state index < -0.39 is 0 Å². The molecular weight excluding hydrogens is 300 g/mol. The van der Waals surface area contributed by atoms with Gasteiger partial charge in [0.2, 0.25) is 0 Å². The van der Waals surface area contributed by atoms with Gasteiger partial charge in [0.15, 0.2) is 6.79 Å². The second-order valence-electron chi connectivity index (χ2n) is 5.94. The summed E-state index contributed by atoms with van der Waals surface area (Å²) < 4.78 is 9.59. The van der Waals surface area contributed by atoms with Crippen LogP contribution in [0.3, 0.4) is 0 Å². The molecule has 0 aromatic heterocycles. The molecule has 0 aliphatic heterocycles. The summed E-state index contributed by atoms with van der Waals surface area (Å²) in [7, 11) is 0. The van der Waals surface area contributed by atoms with Crippen molar-refractivity contribution in [3.8, 4) is 0 Å². The van der Waals surface area contributed by atoms with Crippen LogP contribution in [0.25, 0.3) is 0 Å². The van der Waals surface area contributed by atoms with Crippen molar-refractivity contribution in [1.82, 2.24) is 0 Å². The lowest BCUT2D eigenvalue weighted by Crippen LogP contribution is -2.07. The predicted octanol–water partition coefficient (Wildman–Crippen LogP) is 6.18. The average molecular weight is 335 g/mol. The van der Waals surface area contributed by atoms with Gasteiger partial charge in [-0.2, -0.15) is 0 Å². The quantitative estimate of drug-likeness (QED) is 0.138. The summed E-state index contributed by atoms with van der Waals surface area (Å²) in [5.41, 5.74) is 0. The van der Waals surface area contributed by atoms with Gasteiger partial charge < -0.3 is 9.47 Å². The summed E-state index contributed by atoms with van der Waals surface area (Å²) in [5.74, 6) is -0.187. The van der Waals surface area contributed by atoms with Crippen LogP contribution >= 0.6 is 11.6 Å². The molecule has 0 N–H and O–H groups in total. The van der Waals surface area contributed by atoms with Gasteiger partial charge in [-0.3, -0.25) is 4.79 Å². The summed E-state index contributed by atoms with van der Waals surface area (Å²) in [6.07, 6.45) is 17.5. The van der Waals surface area contributed by atoms with Crippen LogP contribution in [0.4, 0.5) is 0 Å². The second kappa shape index (κ2) is 18.8. The predicted molar refractivity (Wildman–Crippen MR) is 93.1 cm³/mol. The van der Waals surface area contributed by atoms with Crippen molar-refractivity contribution in [1.29, 1.82) is 0 Å². The number of hydrogen-bond acceptors (Lipinski definition) is 3. The Kier molecular flexibility index (Phi) is 18.5. The zero-order chi connectivity index (χ0) is 16.3. The minimum Gasteiger partial charge on any atom is -0.438 e. The lowest BCUT2D eigenvalue weighted by Gasteiger charge is -2.04. The first-order chi connectivity index (χ1) is 10.8. The van der Waals surface area contributed by atoms with Crippen LogP contribution in [0.5, 0.6) is 0 Å². The van der Waals surface area contributed by atoms with Crippen molar-refractivity contribution in [2.24, 2.45) is 0 Å². The number of ether oxygens (including phenoxy) is 2. The molecule has 0 amide bonds. The number of alkyl halides is 1. The maximum Gasteiger partial charge on any atom is 0.307 e. The highest BCUT2D eigenvalue weighted by atomic mass is 35.5. The van der Waals surface area contributed by atoms with Crippen molar-refractivity contribution in [3.63, 3.8) is 0 Å². The fourth-order valence-corrected chi connectivity index (χ4v) is 2.56. The van der Waals surface area contributed by atoms with E-state index in [2.05, 4.69) is 6.92 Å². The highest BCUT2D eigenvalue weighted by molar-refractivity contribution is 6.17. The number of rotatable bonds is 17. The first kappa shape index (κ1) is 21.7. The molecule has 4 heteroatoms. The number of hydrogen-bond donors (Lipinski definition) is 0. The van der Waals surface area contributed by atoms with Gasteiger partial charge in [-0.05, 0) is 6.42 Å². The molecule has 22 heavy (non-hydrogen) atoms. The second-order valence-corrected chi connectivity index (χ2v) is 6.16. The zero-order valence-corrected chi connectivity index (χ0v) is 15.2. The largest absolute Gasteiger partial charge is 0.438 e. The van der Waals surface area contributed by atoms with Crippen LogP contribution in [0.1, 0.15) is 96.8 Å². The molecule has 0 saturated heterocycles. The molecule has 0 atom stereocenters. The topological polar surface area (TPSA) is 35.5 Å². The molecule has 0 fully saturated rings. The van der Waals surface area contributed by atoms with Crippen molar-refractivity contribution >= 4 is 17.6 Å². The minimum absolute atomic E-state index is 0.0270. The molecule has 0 saturated carbocycles. The van der Waals surface area contributed by atoms with Gasteiger partial charge in [-0.15, -0.1) is 0 Å². The van der Waals surface area contributed by atoms with E-state index in [0.29, 0.717) is 6.42 Å². The standard InChI is InChI=1S/C18H35ClO3/c1-2-3-4-5-6-7-8-9-10-11-12-13-14-15-18(20)22-17-21-16-19/h2-17H2,1H3. The minimum atomic E-state index is -0.187. The molecule has 132 valence electrons. The summed E-state index contributed by atoms with van der Waals surface area (Å²) in [5, 5.41) is 0. The van der Waals surface area contributed by atoms with Crippen molar-refractivity contribution in [2.45, 2.75) is 96.8 Å². The number of esters is 1. The third kappa shape index (κ3) is 17.8. The summed E-state index contributed by atoms with van der Waals surface area (Å²) in [6.45, 7) is 2.24. The molecule has 0 aromatic carbocycles. The molecule has 0 spiro atoms. The van der Waals surface area contributed by atoms with E-state index >= 15 is 0 Å². The first-order valence-electron chi connectivity index (χ1n) is 9.10. The summed E-state index contributed by atoms with van der Waals surface area (Å²) in [6, 6.07) is 0.0615. The van der Waals surface area contributed by atoms with Crippen molar-refractivity contribution in [2.75, 3.05) is 12.9 Å². The molecule has 3 nitrogen and oxygen atoms in total. The molecule has 0 aliphatic carbocycles. The molecule has 0 bridgehead atoms. The van der Waals surface area contributed by atoms with Gasteiger partial charge in [-0.1, -0.05) is 95.6 Å². The Morgan fingerprint density at radius 1 is 0.773 bits per heavy atom. The molecular formula is C18H35ClO3. The van der Waals surface area contributed by atoms with Crippen LogP contribution < -0.4 is 0 Å². The number of carbonyl (C=O) groups is 1. The van der Waals surface area contributed by atoms with Crippen LogP contribution in [-0.2, 0) is 14.3 Å². The van der Waals surface area contributed by atoms with Crippen molar-refractivity contribution < 1.29 is 14.3 Å². The molecule has 0 heterocycles. The molecule has 0 unspecified atom stereocenters. The summed E-state index contributed by atoms with van der Waals surface area (Å²) in [4.78, 5) is 11.3. The Morgan fingerprint density at radius 2 is 1.23 bits per heavy atom. The Morgan fingerprint density at radius 3 is 1.68 bits per heavy atom. The maximum absolute atomic E-state index is 11.3. The Labute approximate surface area is 142 Å². The summed E-state index contributed by atoms with van der Waals surface area (Å²) >= 11 is 5.31. The van der Waals surface area contributed by atoms with Crippen molar-refractivity contribution in [3.05, 3.63) is 0 Å². The van der Waals surface area contributed by atoms with Crippen LogP contribution in [-0.4, -0.2) is 18.8 Å². The molecule has 0 aromatic rings. The van der Waals surface area contributed by atoms with E-state index in [0.717, 1.165) is 12.8 Å². The van der Waals surface area contributed by atoms with Gasteiger partial charge in [-0.25, -0.2) is 0 Å².